The highest BCUT2D eigenvalue weighted by Crippen LogP contribution is 2.23. The summed E-state index contributed by atoms with van der Waals surface area (Å²) in [5, 5.41) is 8.83. The summed E-state index contributed by atoms with van der Waals surface area (Å²) in [5.74, 6) is -3.00. The van der Waals surface area contributed by atoms with Gasteiger partial charge in [-0.3, -0.25) is 9.59 Å². The van der Waals surface area contributed by atoms with Crippen molar-refractivity contribution in [1.29, 1.82) is 0 Å². The Labute approximate surface area is 126 Å². The molecule has 0 aromatic heterocycles. The number of rotatable bonds is 7. The SMILES string of the molecule is CCC(C)N(CC(=O)O)C(=O)CSc1ccc(F)cc1F. The number of carboxylic acids is 1. The Bertz CT molecular complexity index is 525. The van der Waals surface area contributed by atoms with Gasteiger partial charge >= 0.3 is 5.97 Å². The topological polar surface area (TPSA) is 57.6 Å². The highest BCUT2D eigenvalue weighted by atomic mass is 32.2. The first-order valence-corrected chi connectivity index (χ1v) is 7.42. The molecule has 0 bridgehead atoms. The zero-order valence-corrected chi connectivity index (χ0v) is 12.6. The summed E-state index contributed by atoms with van der Waals surface area (Å²) >= 11 is 0.921. The molecular weight excluding hydrogens is 300 g/mol. The van der Waals surface area contributed by atoms with Crippen LogP contribution in [-0.4, -0.2) is 40.2 Å². The van der Waals surface area contributed by atoms with E-state index in [1.165, 1.54) is 11.0 Å². The van der Waals surface area contributed by atoms with Gasteiger partial charge in [0, 0.05) is 17.0 Å². The molecule has 0 spiro atoms. The Balaban J connectivity index is 2.70. The highest BCUT2D eigenvalue weighted by molar-refractivity contribution is 8.00. The molecular formula is C14H17F2NO3S. The lowest BCUT2D eigenvalue weighted by atomic mass is 10.2. The van der Waals surface area contributed by atoms with Crippen LogP contribution in [0.15, 0.2) is 23.1 Å². The van der Waals surface area contributed by atoms with Gasteiger partial charge in [0.2, 0.25) is 5.91 Å². The van der Waals surface area contributed by atoms with Crippen LogP contribution in [0.2, 0.25) is 0 Å². The summed E-state index contributed by atoms with van der Waals surface area (Å²) in [5.41, 5.74) is 0. The molecule has 0 saturated carbocycles. The third-order valence-electron chi connectivity index (χ3n) is 2.99. The van der Waals surface area contributed by atoms with E-state index >= 15 is 0 Å². The molecule has 1 aromatic carbocycles. The second-order valence-corrected chi connectivity index (χ2v) is 5.55. The van der Waals surface area contributed by atoms with Crippen molar-refractivity contribution in [2.45, 2.75) is 31.2 Å². The van der Waals surface area contributed by atoms with E-state index in [1.54, 1.807) is 6.92 Å². The molecule has 0 heterocycles. The van der Waals surface area contributed by atoms with Crippen LogP contribution >= 0.6 is 11.8 Å². The van der Waals surface area contributed by atoms with E-state index in [0.717, 1.165) is 23.9 Å². The van der Waals surface area contributed by atoms with Crippen molar-refractivity contribution in [3.05, 3.63) is 29.8 Å². The summed E-state index contributed by atoms with van der Waals surface area (Å²) in [6.45, 7) is 3.21. The van der Waals surface area contributed by atoms with Crippen LogP contribution in [0, 0.1) is 11.6 Å². The molecule has 0 aliphatic rings. The lowest BCUT2D eigenvalue weighted by Gasteiger charge is -2.26. The van der Waals surface area contributed by atoms with Crippen molar-refractivity contribution >= 4 is 23.6 Å². The lowest BCUT2D eigenvalue weighted by molar-refractivity contribution is -0.144. The third kappa shape index (κ3) is 5.34. The number of aliphatic carboxylic acids is 1. The van der Waals surface area contributed by atoms with E-state index in [2.05, 4.69) is 0 Å². The summed E-state index contributed by atoms with van der Waals surface area (Å²) < 4.78 is 26.2. The van der Waals surface area contributed by atoms with E-state index < -0.39 is 17.6 Å². The molecule has 1 rings (SSSR count). The number of thioether (sulfide) groups is 1. The highest BCUT2D eigenvalue weighted by Gasteiger charge is 2.21. The summed E-state index contributed by atoms with van der Waals surface area (Å²) in [4.78, 5) is 24.3. The van der Waals surface area contributed by atoms with Gasteiger partial charge in [0.05, 0.1) is 5.75 Å². The van der Waals surface area contributed by atoms with Crippen molar-refractivity contribution in [3.63, 3.8) is 0 Å². The maximum atomic E-state index is 13.5. The minimum atomic E-state index is -1.10. The maximum Gasteiger partial charge on any atom is 0.323 e. The Kier molecular flexibility index (Phi) is 6.61. The van der Waals surface area contributed by atoms with Gasteiger partial charge in [-0.05, 0) is 25.5 Å². The number of nitrogens with zero attached hydrogens (tertiary/aromatic N) is 1. The van der Waals surface area contributed by atoms with Crippen LogP contribution in [0.4, 0.5) is 8.78 Å². The molecule has 7 heteroatoms. The molecule has 1 N–H and O–H groups in total. The monoisotopic (exact) mass is 317 g/mol. The molecule has 1 amide bonds. The molecule has 1 unspecified atom stereocenters. The molecule has 1 aromatic rings. The zero-order chi connectivity index (χ0) is 16.0. The van der Waals surface area contributed by atoms with E-state index in [4.69, 9.17) is 5.11 Å². The first-order valence-electron chi connectivity index (χ1n) is 6.44. The smallest absolute Gasteiger partial charge is 0.323 e. The number of carboxylic acid groups (broad SMARTS) is 1. The molecule has 0 radical (unpaired) electrons. The second kappa shape index (κ2) is 7.97. The molecule has 0 aliphatic heterocycles. The summed E-state index contributed by atoms with van der Waals surface area (Å²) in [6, 6.07) is 2.90. The van der Waals surface area contributed by atoms with Crippen LogP contribution in [0.25, 0.3) is 0 Å². The van der Waals surface area contributed by atoms with E-state index in [0.29, 0.717) is 6.42 Å². The first-order chi connectivity index (χ1) is 9.85. The molecule has 1 atom stereocenters. The number of carbonyl (C=O) groups is 2. The van der Waals surface area contributed by atoms with Gasteiger partial charge in [-0.15, -0.1) is 11.8 Å². The van der Waals surface area contributed by atoms with Gasteiger partial charge in [0.25, 0.3) is 0 Å². The number of hydrogen-bond donors (Lipinski definition) is 1. The van der Waals surface area contributed by atoms with Crippen LogP contribution < -0.4 is 0 Å². The van der Waals surface area contributed by atoms with Crippen molar-refractivity contribution in [2.75, 3.05) is 12.3 Å². The Hall–Kier alpha value is -1.63. The van der Waals surface area contributed by atoms with Crippen LogP contribution in [-0.2, 0) is 9.59 Å². The molecule has 0 aliphatic carbocycles. The van der Waals surface area contributed by atoms with Crippen molar-refractivity contribution in [3.8, 4) is 0 Å². The van der Waals surface area contributed by atoms with Gasteiger partial charge < -0.3 is 10.0 Å². The minimum absolute atomic E-state index is 0.0971. The molecule has 0 fully saturated rings. The number of benzene rings is 1. The standard InChI is InChI=1S/C14H17F2NO3S/c1-3-9(2)17(7-14(19)20)13(18)8-21-12-5-4-10(15)6-11(12)16/h4-6,9H,3,7-8H2,1-2H3,(H,19,20). The van der Waals surface area contributed by atoms with E-state index in [1.807, 2.05) is 6.92 Å². The van der Waals surface area contributed by atoms with Gasteiger partial charge in [-0.25, -0.2) is 8.78 Å². The molecule has 21 heavy (non-hydrogen) atoms. The second-order valence-electron chi connectivity index (χ2n) is 4.54. The zero-order valence-electron chi connectivity index (χ0n) is 11.8. The number of hydrogen-bond acceptors (Lipinski definition) is 3. The summed E-state index contributed by atoms with van der Waals surface area (Å²) in [6.07, 6.45) is 0.620. The summed E-state index contributed by atoms with van der Waals surface area (Å²) in [7, 11) is 0. The fourth-order valence-electron chi connectivity index (χ4n) is 1.67. The van der Waals surface area contributed by atoms with Crippen LogP contribution in [0.5, 0.6) is 0 Å². The van der Waals surface area contributed by atoms with Gasteiger partial charge in [0.1, 0.15) is 18.2 Å². The van der Waals surface area contributed by atoms with Crippen LogP contribution in [0.1, 0.15) is 20.3 Å². The average molecular weight is 317 g/mol. The van der Waals surface area contributed by atoms with E-state index in [-0.39, 0.29) is 29.1 Å². The van der Waals surface area contributed by atoms with Crippen molar-refractivity contribution < 1.29 is 23.5 Å². The number of amides is 1. The fourth-order valence-corrected chi connectivity index (χ4v) is 2.48. The predicted octanol–water partition coefficient (Wildman–Crippen LogP) is 2.77. The predicted molar refractivity (Wildman–Crippen MR) is 76.2 cm³/mol. The van der Waals surface area contributed by atoms with Crippen LogP contribution in [0.3, 0.4) is 0 Å². The molecule has 116 valence electrons. The quantitative estimate of drug-likeness (QED) is 0.786. The third-order valence-corrected chi connectivity index (χ3v) is 4.03. The lowest BCUT2D eigenvalue weighted by Crippen LogP contribution is -2.42. The maximum absolute atomic E-state index is 13.5. The first kappa shape index (κ1) is 17.4. The molecule has 4 nitrogen and oxygen atoms in total. The number of halogens is 2. The fraction of sp³-hybridized carbons (Fsp3) is 0.429. The average Bonchev–Trinajstić information content (AvgIpc) is 2.42. The van der Waals surface area contributed by atoms with E-state index in [9.17, 15) is 18.4 Å². The Morgan fingerprint density at radius 1 is 1.38 bits per heavy atom. The Morgan fingerprint density at radius 3 is 2.57 bits per heavy atom. The minimum Gasteiger partial charge on any atom is -0.480 e. The van der Waals surface area contributed by atoms with Gasteiger partial charge in [-0.2, -0.15) is 0 Å². The largest absolute Gasteiger partial charge is 0.480 e. The van der Waals surface area contributed by atoms with Gasteiger partial charge in [0.15, 0.2) is 0 Å². The van der Waals surface area contributed by atoms with Crippen molar-refractivity contribution in [2.24, 2.45) is 0 Å². The van der Waals surface area contributed by atoms with Crippen molar-refractivity contribution in [1.82, 2.24) is 4.90 Å². The molecule has 0 saturated heterocycles. The number of carbonyl (C=O) groups excluding carboxylic acids is 1. The van der Waals surface area contributed by atoms with Gasteiger partial charge in [-0.1, -0.05) is 6.92 Å². The Morgan fingerprint density at radius 2 is 2.05 bits per heavy atom. The normalized spacial score (nSPS) is 12.0.